The largest absolute Gasteiger partial charge is 0.416 e. The molecular weight excluding hydrogens is 391 g/mol. The van der Waals surface area contributed by atoms with Crippen LogP contribution in [0.3, 0.4) is 0 Å². The number of thiol groups is 1. The van der Waals surface area contributed by atoms with E-state index in [-0.39, 0.29) is 17.2 Å². The Morgan fingerprint density at radius 3 is 2.25 bits per heavy atom. The molecule has 0 radical (unpaired) electrons. The maximum atomic E-state index is 13.2. The first-order valence-electron chi connectivity index (χ1n) is 8.38. The molecule has 0 atom stereocenters. The van der Waals surface area contributed by atoms with E-state index in [2.05, 4.69) is 18.1 Å². The average molecular weight is 411 g/mol. The van der Waals surface area contributed by atoms with Gasteiger partial charge >= 0.3 is 12.2 Å². The fourth-order valence-corrected chi connectivity index (χ4v) is 2.76. The van der Waals surface area contributed by atoms with Crippen LogP contribution >= 0.6 is 12.8 Å². The fraction of sp³-hybridized carbons (Fsp3) is 0.263. The normalized spacial score (nSPS) is 11.4. The number of hydrogen-bond donors (Lipinski definition) is 3. The van der Waals surface area contributed by atoms with Crippen LogP contribution < -0.4 is 15.4 Å². The Morgan fingerprint density at radius 2 is 1.75 bits per heavy atom. The Hall–Kier alpha value is -2.68. The zero-order valence-corrected chi connectivity index (χ0v) is 16.1. The van der Waals surface area contributed by atoms with Crippen LogP contribution in [-0.2, 0) is 12.6 Å². The average Bonchev–Trinajstić information content (AvgIpc) is 2.59. The van der Waals surface area contributed by atoms with Crippen molar-refractivity contribution in [2.24, 2.45) is 11.7 Å². The molecule has 0 aliphatic carbocycles. The summed E-state index contributed by atoms with van der Waals surface area (Å²) in [6.45, 7) is 3.79. The third-order valence-corrected chi connectivity index (χ3v) is 4.22. The minimum atomic E-state index is -4.53. The minimum absolute atomic E-state index is 0.0169. The van der Waals surface area contributed by atoms with Crippen molar-refractivity contribution in [3.63, 3.8) is 0 Å². The van der Waals surface area contributed by atoms with Gasteiger partial charge in [-0.05, 0) is 60.4 Å². The van der Waals surface area contributed by atoms with E-state index in [1.807, 2.05) is 13.8 Å². The van der Waals surface area contributed by atoms with E-state index in [9.17, 15) is 22.8 Å². The Labute approximate surface area is 166 Å². The monoisotopic (exact) mass is 411 g/mol. The first-order valence-corrected chi connectivity index (χ1v) is 8.78. The SMILES string of the molecule is CC(C)Cc1cc(NC(=O)N(S)c2ccc(C(N)=O)cc2)cc(C(F)(F)F)c1. The van der Waals surface area contributed by atoms with Gasteiger partial charge in [0.25, 0.3) is 0 Å². The summed E-state index contributed by atoms with van der Waals surface area (Å²) in [7, 11) is 0. The second-order valence-electron chi connectivity index (χ2n) is 6.67. The van der Waals surface area contributed by atoms with Gasteiger partial charge in [-0.3, -0.25) is 4.79 Å². The molecule has 2 aromatic carbocycles. The topological polar surface area (TPSA) is 75.4 Å². The molecule has 0 unspecified atom stereocenters. The molecule has 5 nitrogen and oxygen atoms in total. The summed E-state index contributed by atoms with van der Waals surface area (Å²) in [5.74, 6) is -0.472. The standard InChI is InChI=1S/C19H20F3N3O2S/c1-11(2)7-12-8-14(19(20,21)22)10-15(9-12)24-18(27)25(28)16-5-3-13(4-6-16)17(23)26/h3-6,8-11,28H,7H2,1-2H3,(H2,23,26)(H,24,27). The van der Waals surface area contributed by atoms with Gasteiger partial charge in [-0.15, -0.1) is 0 Å². The highest BCUT2D eigenvalue weighted by molar-refractivity contribution is 7.82. The molecule has 0 saturated carbocycles. The van der Waals surface area contributed by atoms with Crippen molar-refractivity contribution in [2.75, 3.05) is 9.62 Å². The Kier molecular flexibility index (Phi) is 6.60. The van der Waals surface area contributed by atoms with Crippen LogP contribution in [0.25, 0.3) is 0 Å². The number of primary amides is 1. The van der Waals surface area contributed by atoms with Gasteiger partial charge in [-0.25, -0.2) is 9.10 Å². The molecule has 2 rings (SSSR count). The van der Waals surface area contributed by atoms with Crippen LogP contribution in [0.5, 0.6) is 0 Å². The summed E-state index contributed by atoms with van der Waals surface area (Å²) < 4.78 is 40.4. The molecule has 3 N–H and O–H groups in total. The van der Waals surface area contributed by atoms with Crippen molar-refractivity contribution in [2.45, 2.75) is 26.4 Å². The number of amides is 3. The molecule has 0 fully saturated rings. The highest BCUT2D eigenvalue weighted by Crippen LogP contribution is 2.33. The molecular formula is C19H20F3N3O2S. The van der Waals surface area contributed by atoms with Gasteiger partial charge in [0, 0.05) is 11.3 Å². The fourth-order valence-electron chi connectivity index (χ4n) is 2.58. The van der Waals surface area contributed by atoms with Crippen LogP contribution in [0, 0.1) is 5.92 Å². The predicted molar refractivity (Wildman–Crippen MR) is 105 cm³/mol. The predicted octanol–water partition coefficient (Wildman–Crippen LogP) is 4.89. The van der Waals surface area contributed by atoms with E-state index in [1.165, 1.54) is 30.3 Å². The summed E-state index contributed by atoms with van der Waals surface area (Å²) in [5.41, 5.74) is 5.38. The third kappa shape index (κ3) is 5.66. The number of halogens is 3. The molecule has 0 heterocycles. The number of rotatable bonds is 5. The summed E-state index contributed by atoms with van der Waals surface area (Å²) >= 11 is 4.08. The number of benzene rings is 2. The number of carbonyl (C=O) groups excluding carboxylic acids is 2. The molecule has 0 aliphatic heterocycles. The van der Waals surface area contributed by atoms with E-state index in [1.54, 1.807) is 0 Å². The quantitative estimate of drug-likeness (QED) is 0.613. The lowest BCUT2D eigenvalue weighted by Gasteiger charge is -2.18. The number of nitrogens with two attached hydrogens (primary N) is 1. The molecule has 3 amide bonds. The first kappa shape index (κ1) is 21.6. The summed E-state index contributed by atoms with van der Waals surface area (Å²) in [6.07, 6.45) is -4.09. The number of alkyl halides is 3. The van der Waals surface area contributed by atoms with Crippen molar-refractivity contribution in [3.8, 4) is 0 Å². The lowest BCUT2D eigenvalue weighted by Crippen LogP contribution is -2.27. The van der Waals surface area contributed by atoms with Crippen LogP contribution in [0.1, 0.15) is 35.3 Å². The highest BCUT2D eigenvalue weighted by atomic mass is 32.1. The van der Waals surface area contributed by atoms with Crippen molar-refractivity contribution < 1.29 is 22.8 Å². The van der Waals surface area contributed by atoms with Crippen molar-refractivity contribution in [1.82, 2.24) is 0 Å². The third-order valence-electron chi connectivity index (χ3n) is 3.80. The molecule has 0 aliphatic rings. The number of nitrogens with one attached hydrogen (secondary N) is 1. The molecule has 9 heteroatoms. The Balaban J connectivity index is 2.25. The van der Waals surface area contributed by atoms with Crippen LogP contribution in [-0.4, -0.2) is 11.9 Å². The first-order chi connectivity index (χ1) is 13.0. The minimum Gasteiger partial charge on any atom is -0.366 e. The number of nitrogens with zero attached hydrogens (tertiary/aromatic N) is 1. The van der Waals surface area contributed by atoms with E-state index >= 15 is 0 Å². The van der Waals surface area contributed by atoms with Crippen molar-refractivity contribution >= 4 is 36.1 Å². The Morgan fingerprint density at radius 1 is 1.14 bits per heavy atom. The number of hydrogen-bond acceptors (Lipinski definition) is 3. The van der Waals surface area contributed by atoms with Gasteiger partial charge in [-0.1, -0.05) is 26.7 Å². The molecule has 0 aromatic heterocycles. The van der Waals surface area contributed by atoms with Gasteiger partial charge in [0.1, 0.15) is 0 Å². The number of carbonyl (C=O) groups is 2. The van der Waals surface area contributed by atoms with Crippen LogP contribution in [0.2, 0.25) is 0 Å². The summed E-state index contributed by atoms with van der Waals surface area (Å²) in [4.78, 5) is 23.5. The van der Waals surface area contributed by atoms with Crippen LogP contribution in [0.15, 0.2) is 42.5 Å². The zero-order valence-electron chi connectivity index (χ0n) is 15.2. The number of anilines is 2. The molecule has 150 valence electrons. The molecule has 0 saturated heterocycles. The molecule has 2 aromatic rings. The van der Waals surface area contributed by atoms with Crippen molar-refractivity contribution in [1.29, 1.82) is 0 Å². The highest BCUT2D eigenvalue weighted by Gasteiger charge is 2.31. The smallest absolute Gasteiger partial charge is 0.366 e. The maximum Gasteiger partial charge on any atom is 0.416 e. The lowest BCUT2D eigenvalue weighted by atomic mass is 10.00. The van der Waals surface area contributed by atoms with Gasteiger partial charge in [0.15, 0.2) is 0 Å². The second kappa shape index (κ2) is 8.55. The number of urea groups is 1. The Bertz CT molecular complexity index is 868. The molecule has 0 spiro atoms. The molecule has 28 heavy (non-hydrogen) atoms. The van der Waals surface area contributed by atoms with Gasteiger partial charge < -0.3 is 11.1 Å². The maximum absolute atomic E-state index is 13.2. The molecule has 0 bridgehead atoms. The lowest BCUT2D eigenvalue weighted by molar-refractivity contribution is -0.137. The van der Waals surface area contributed by atoms with Gasteiger partial charge in [-0.2, -0.15) is 13.2 Å². The van der Waals surface area contributed by atoms with E-state index in [0.717, 1.165) is 16.4 Å². The summed E-state index contributed by atoms with van der Waals surface area (Å²) in [6, 6.07) is 8.44. The van der Waals surface area contributed by atoms with Crippen LogP contribution in [0.4, 0.5) is 29.3 Å². The van der Waals surface area contributed by atoms with Gasteiger partial charge in [0.05, 0.1) is 11.3 Å². The van der Waals surface area contributed by atoms with E-state index in [0.29, 0.717) is 17.7 Å². The van der Waals surface area contributed by atoms with Crippen molar-refractivity contribution in [3.05, 3.63) is 59.2 Å². The van der Waals surface area contributed by atoms with E-state index in [4.69, 9.17) is 5.73 Å². The summed E-state index contributed by atoms with van der Waals surface area (Å²) in [5, 5.41) is 2.42. The zero-order chi connectivity index (χ0) is 21.1. The van der Waals surface area contributed by atoms with E-state index < -0.39 is 23.7 Å². The van der Waals surface area contributed by atoms with Gasteiger partial charge in [0.2, 0.25) is 5.91 Å². The second-order valence-corrected chi connectivity index (χ2v) is 7.07.